The van der Waals surface area contributed by atoms with Gasteiger partial charge in [0.25, 0.3) is 5.91 Å². The van der Waals surface area contributed by atoms with Crippen LogP contribution in [0.15, 0.2) is 67.1 Å². The number of anilines is 1. The fourth-order valence-electron chi connectivity index (χ4n) is 5.05. The van der Waals surface area contributed by atoms with Crippen LogP contribution >= 0.6 is 11.6 Å². The molecule has 4 heterocycles. The molecular weight excluding hydrogens is 580 g/mol. The zero-order valence-corrected chi connectivity index (χ0v) is 24.2. The quantitative estimate of drug-likeness (QED) is 0.126. The number of pyridine rings is 3. The number of nitrogens with one attached hydrogen (secondary N) is 2. The number of hydroxylamine groups is 1. The molecule has 0 radical (unpaired) electrons. The van der Waals surface area contributed by atoms with Crippen molar-refractivity contribution in [2.45, 2.75) is 25.4 Å². The van der Waals surface area contributed by atoms with Crippen LogP contribution in [0.3, 0.4) is 0 Å². The fraction of sp³-hybridized carbons (Fsp3) is 0.188. The summed E-state index contributed by atoms with van der Waals surface area (Å²) in [7, 11) is 0. The van der Waals surface area contributed by atoms with Gasteiger partial charge in [0.15, 0.2) is 0 Å². The number of phenolic OH excluding ortho intramolecular Hbond substituents is 1. The Morgan fingerprint density at radius 3 is 2.45 bits per heavy atom. The lowest BCUT2D eigenvalue weighted by Crippen LogP contribution is -2.43. The van der Waals surface area contributed by atoms with Crippen molar-refractivity contribution < 1.29 is 15.1 Å². The largest absolute Gasteiger partial charge is 0.506 e. The Morgan fingerprint density at radius 2 is 1.82 bits per heavy atom. The number of halogens is 1. The van der Waals surface area contributed by atoms with E-state index in [1.807, 2.05) is 18.2 Å². The molecular formula is C32H27ClN8O3. The summed E-state index contributed by atoms with van der Waals surface area (Å²) in [6.45, 7) is 1.93. The summed E-state index contributed by atoms with van der Waals surface area (Å²) in [5.41, 5.74) is 6.30. The van der Waals surface area contributed by atoms with Crippen molar-refractivity contribution in [3.05, 3.63) is 94.7 Å². The second-order valence-corrected chi connectivity index (χ2v) is 10.5. The smallest absolute Gasteiger partial charge is 0.267 e. The average Bonchev–Trinajstić information content (AvgIpc) is 3.07. The van der Waals surface area contributed by atoms with Gasteiger partial charge < -0.3 is 15.3 Å². The van der Waals surface area contributed by atoms with Crippen LogP contribution in [-0.4, -0.2) is 50.3 Å². The van der Waals surface area contributed by atoms with Gasteiger partial charge in [-0.25, -0.2) is 15.4 Å². The monoisotopic (exact) mass is 606 g/mol. The summed E-state index contributed by atoms with van der Waals surface area (Å²) >= 11 is 6.05. The molecule has 0 atom stereocenters. The number of amides is 1. The highest BCUT2D eigenvalue weighted by atomic mass is 35.5. The molecule has 5 rings (SSSR count). The number of hydrogen-bond donors (Lipinski definition) is 4. The van der Waals surface area contributed by atoms with Gasteiger partial charge in [-0.15, -0.1) is 0 Å². The molecule has 1 aliphatic rings. The standard InChI is InChI=1S/C32H27ClN8O3/c33-28-7-4-21(13-29(28)42)27-19-39-32(26(15-35)31(27)22-3-6-24(14-34)37-17-22)41-11-9-23(10-12-41)38-18-25-5-1-20(16-36-25)2-8-30(43)40-44/h1-8,13,16-17,19,23,38,42,44H,9-12,18H2,(H,40,43)/b8-2+. The Bertz CT molecular complexity index is 1770. The Morgan fingerprint density at radius 1 is 1.02 bits per heavy atom. The first-order chi connectivity index (χ1) is 21.4. The molecule has 11 nitrogen and oxygen atoms in total. The lowest BCUT2D eigenvalue weighted by Gasteiger charge is -2.34. The van der Waals surface area contributed by atoms with Crippen LogP contribution in [0.25, 0.3) is 28.3 Å². The van der Waals surface area contributed by atoms with Crippen LogP contribution < -0.4 is 15.7 Å². The molecule has 3 aromatic heterocycles. The molecule has 0 saturated carbocycles. The number of phenols is 1. The zero-order chi connectivity index (χ0) is 31.1. The number of hydrogen-bond acceptors (Lipinski definition) is 10. The second-order valence-electron chi connectivity index (χ2n) is 10.1. The van der Waals surface area contributed by atoms with E-state index in [-0.39, 0.29) is 22.5 Å². The van der Waals surface area contributed by atoms with Crippen LogP contribution in [0.5, 0.6) is 5.75 Å². The SMILES string of the molecule is N#Cc1ccc(-c2c(-c3ccc(Cl)c(O)c3)cnc(N3CCC(NCc4ccc(/C=C/C(=O)NO)cn4)CC3)c2C#N)cn1. The summed E-state index contributed by atoms with van der Waals surface area (Å²) < 4.78 is 0. The summed E-state index contributed by atoms with van der Waals surface area (Å²) in [4.78, 5) is 26.6. The maximum atomic E-state index is 11.2. The molecule has 220 valence electrons. The molecule has 1 saturated heterocycles. The highest BCUT2D eigenvalue weighted by molar-refractivity contribution is 6.32. The molecule has 4 aromatic rings. The van der Waals surface area contributed by atoms with Crippen LogP contribution in [0.2, 0.25) is 5.02 Å². The molecule has 0 bridgehead atoms. The number of carbonyl (C=O) groups excluding carboxylic acids is 1. The number of rotatable bonds is 8. The second kappa shape index (κ2) is 13.8. The molecule has 1 fully saturated rings. The van der Waals surface area contributed by atoms with E-state index in [0.29, 0.717) is 53.3 Å². The number of aromatic nitrogens is 3. The van der Waals surface area contributed by atoms with Gasteiger partial charge in [-0.1, -0.05) is 23.7 Å². The minimum atomic E-state index is -0.612. The van der Waals surface area contributed by atoms with E-state index in [4.69, 9.17) is 21.8 Å². The molecule has 0 aliphatic carbocycles. The maximum absolute atomic E-state index is 11.2. The topological polar surface area (TPSA) is 171 Å². The number of piperidine rings is 1. The first kappa shape index (κ1) is 30.1. The third kappa shape index (κ3) is 6.83. The molecule has 1 aliphatic heterocycles. The lowest BCUT2D eigenvalue weighted by atomic mass is 9.92. The van der Waals surface area contributed by atoms with E-state index in [2.05, 4.69) is 26.3 Å². The van der Waals surface area contributed by atoms with Crippen LogP contribution in [-0.2, 0) is 11.3 Å². The molecule has 4 N–H and O–H groups in total. The van der Waals surface area contributed by atoms with E-state index in [1.165, 1.54) is 12.1 Å². The van der Waals surface area contributed by atoms with E-state index in [0.717, 1.165) is 24.1 Å². The predicted octanol–water partition coefficient (Wildman–Crippen LogP) is 4.59. The third-order valence-corrected chi connectivity index (χ3v) is 7.67. The van der Waals surface area contributed by atoms with Gasteiger partial charge in [0, 0.05) is 67.0 Å². The Balaban J connectivity index is 1.33. The Kier molecular flexibility index (Phi) is 9.43. The number of nitriles is 2. The van der Waals surface area contributed by atoms with Crippen molar-refractivity contribution in [2.24, 2.45) is 0 Å². The van der Waals surface area contributed by atoms with Crippen molar-refractivity contribution >= 4 is 29.4 Å². The highest BCUT2D eigenvalue weighted by Crippen LogP contribution is 2.40. The minimum absolute atomic E-state index is 0.0831. The minimum Gasteiger partial charge on any atom is -0.506 e. The van der Waals surface area contributed by atoms with Crippen LogP contribution in [0.1, 0.15) is 35.4 Å². The molecule has 0 unspecified atom stereocenters. The van der Waals surface area contributed by atoms with Gasteiger partial charge in [-0.05, 0) is 60.4 Å². The van der Waals surface area contributed by atoms with Gasteiger partial charge in [0.2, 0.25) is 0 Å². The van der Waals surface area contributed by atoms with Crippen LogP contribution in [0.4, 0.5) is 5.82 Å². The van der Waals surface area contributed by atoms with Crippen molar-refractivity contribution in [1.82, 2.24) is 25.7 Å². The molecule has 1 amide bonds. The summed E-state index contributed by atoms with van der Waals surface area (Å²) in [5, 5.41) is 42.3. The van der Waals surface area contributed by atoms with E-state index >= 15 is 0 Å². The van der Waals surface area contributed by atoms with E-state index in [9.17, 15) is 20.4 Å². The summed E-state index contributed by atoms with van der Waals surface area (Å²) in [5.74, 6) is -0.132. The highest BCUT2D eigenvalue weighted by Gasteiger charge is 2.26. The first-order valence-electron chi connectivity index (χ1n) is 13.7. The van der Waals surface area contributed by atoms with Gasteiger partial charge in [-0.2, -0.15) is 10.5 Å². The predicted molar refractivity (Wildman–Crippen MR) is 164 cm³/mol. The number of aromatic hydroxyl groups is 1. The fourth-order valence-corrected chi connectivity index (χ4v) is 5.16. The normalized spacial score (nSPS) is 13.4. The number of nitrogens with zero attached hydrogens (tertiary/aromatic N) is 6. The molecule has 1 aromatic carbocycles. The number of benzene rings is 1. The van der Waals surface area contributed by atoms with E-state index in [1.54, 1.807) is 54.4 Å². The number of carbonyl (C=O) groups is 1. The molecule has 12 heteroatoms. The van der Waals surface area contributed by atoms with Gasteiger partial charge in [0.1, 0.15) is 35.0 Å². The van der Waals surface area contributed by atoms with Crippen molar-refractivity contribution in [3.8, 4) is 40.1 Å². The van der Waals surface area contributed by atoms with Crippen molar-refractivity contribution in [1.29, 1.82) is 10.5 Å². The zero-order valence-electron chi connectivity index (χ0n) is 23.4. The van der Waals surface area contributed by atoms with Gasteiger partial charge in [0.05, 0.1) is 10.7 Å². The molecule has 0 spiro atoms. The summed E-state index contributed by atoms with van der Waals surface area (Å²) in [6, 6.07) is 16.6. The van der Waals surface area contributed by atoms with Crippen molar-refractivity contribution in [3.63, 3.8) is 0 Å². The van der Waals surface area contributed by atoms with Crippen LogP contribution in [0, 0.1) is 22.7 Å². The van der Waals surface area contributed by atoms with Gasteiger partial charge in [-0.3, -0.25) is 15.0 Å². The van der Waals surface area contributed by atoms with Crippen molar-refractivity contribution in [2.75, 3.05) is 18.0 Å². The maximum Gasteiger partial charge on any atom is 0.267 e. The Hall–Kier alpha value is -5.33. The Labute approximate surface area is 258 Å². The third-order valence-electron chi connectivity index (χ3n) is 7.35. The average molecular weight is 607 g/mol. The van der Waals surface area contributed by atoms with Gasteiger partial charge >= 0.3 is 0 Å². The van der Waals surface area contributed by atoms with E-state index < -0.39 is 5.91 Å². The lowest BCUT2D eigenvalue weighted by molar-refractivity contribution is -0.124. The molecule has 44 heavy (non-hydrogen) atoms. The first-order valence-corrected chi connectivity index (χ1v) is 14.1. The summed E-state index contributed by atoms with van der Waals surface area (Å²) in [6.07, 6.45) is 9.34.